The standard InChI is InChI=1S/C47H68N4O15/c1-9-20-61-41-27(5)64-46(57)31(50-43(54)37-39(52)33(59-7)16-18-48-37)12-10-14-35(41)63-24-26(4)21-29-22-30(29)45(56)66-42-28(6)65-47(58)32(13-11-15-36(42)62-23-25(2)3)51-44(55)38-40(53)34(60-8)17-19-49-38/h16-19,25-32,35-36,41-42,52-53H,9-15,20-24H2,1-8H3,(H,50,54)(H,51,55). The molecule has 19 nitrogen and oxygen atoms in total. The molecule has 2 amide bonds. The minimum Gasteiger partial charge on any atom is -0.503 e. The van der Waals surface area contributed by atoms with E-state index < -0.39 is 89.9 Å². The predicted molar refractivity (Wildman–Crippen MR) is 236 cm³/mol. The van der Waals surface area contributed by atoms with E-state index in [1.165, 1.54) is 38.7 Å². The third-order valence-corrected chi connectivity index (χ3v) is 12.0. The van der Waals surface area contributed by atoms with E-state index in [2.05, 4.69) is 20.6 Å². The smallest absolute Gasteiger partial charge is 0.329 e. The molecule has 4 N–H and O–H groups in total. The van der Waals surface area contributed by atoms with Crippen LogP contribution >= 0.6 is 0 Å². The average molecular weight is 929 g/mol. The number of nitrogens with zero attached hydrogens (tertiary/aromatic N) is 2. The highest BCUT2D eigenvalue weighted by Gasteiger charge is 2.47. The van der Waals surface area contributed by atoms with Crippen molar-refractivity contribution in [2.24, 2.45) is 23.7 Å². The molecule has 2 aromatic rings. The van der Waals surface area contributed by atoms with Crippen LogP contribution in [0.2, 0.25) is 0 Å². The molecule has 11 unspecified atom stereocenters. The zero-order valence-electron chi connectivity index (χ0n) is 39.3. The molecule has 0 bridgehead atoms. The van der Waals surface area contributed by atoms with E-state index in [-0.39, 0.29) is 59.4 Å². The second kappa shape index (κ2) is 24.5. The molecule has 11 atom stereocenters. The number of hydrogen-bond donors (Lipinski definition) is 4. The predicted octanol–water partition coefficient (Wildman–Crippen LogP) is 4.83. The van der Waals surface area contributed by atoms with Gasteiger partial charge in [0.15, 0.2) is 40.5 Å². The maximum atomic E-state index is 13.8. The number of rotatable bonds is 19. The number of methoxy groups -OCH3 is 2. The van der Waals surface area contributed by atoms with Crippen molar-refractivity contribution in [3.63, 3.8) is 0 Å². The van der Waals surface area contributed by atoms with Crippen LogP contribution in [0.4, 0.5) is 0 Å². The molecule has 1 saturated carbocycles. The van der Waals surface area contributed by atoms with E-state index in [1.807, 2.05) is 27.7 Å². The van der Waals surface area contributed by atoms with Crippen LogP contribution in [0.5, 0.6) is 23.0 Å². The molecule has 19 heteroatoms. The van der Waals surface area contributed by atoms with Gasteiger partial charge in [-0.05, 0) is 89.4 Å². The number of hydrogen-bond acceptors (Lipinski definition) is 17. The zero-order valence-corrected chi connectivity index (χ0v) is 39.3. The third-order valence-electron chi connectivity index (χ3n) is 12.0. The molecule has 2 saturated heterocycles. The summed E-state index contributed by atoms with van der Waals surface area (Å²) in [5, 5.41) is 26.2. The van der Waals surface area contributed by atoms with Crippen LogP contribution in [0.1, 0.15) is 120 Å². The molecule has 2 aromatic heterocycles. The molecule has 3 fully saturated rings. The van der Waals surface area contributed by atoms with Crippen LogP contribution in [0.3, 0.4) is 0 Å². The van der Waals surface area contributed by atoms with Gasteiger partial charge >= 0.3 is 17.9 Å². The largest absolute Gasteiger partial charge is 0.503 e. The second-order valence-corrected chi connectivity index (χ2v) is 17.9. The Morgan fingerprint density at radius 3 is 1.76 bits per heavy atom. The first kappa shape index (κ1) is 51.7. The quantitative estimate of drug-likeness (QED) is 0.109. The fraction of sp³-hybridized carbons (Fsp3) is 0.681. The lowest BCUT2D eigenvalue weighted by Crippen LogP contribution is -2.46. The summed E-state index contributed by atoms with van der Waals surface area (Å²) < 4.78 is 47.1. The first-order valence-corrected chi connectivity index (χ1v) is 23.1. The third kappa shape index (κ3) is 13.9. The average Bonchev–Trinajstić information content (AvgIpc) is 4.04. The van der Waals surface area contributed by atoms with E-state index in [0.717, 1.165) is 6.42 Å². The molecular formula is C47H68N4O15. The van der Waals surface area contributed by atoms with Gasteiger partial charge in [0.1, 0.15) is 30.4 Å². The van der Waals surface area contributed by atoms with Crippen LogP contribution in [-0.4, -0.2) is 133 Å². The maximum Gasteiger partial charge on any atom is 0.329 e. The van der Waals surface area contributed by atoms with Crippen molar-refractivity contribution < 1.29 is 72.1 Å². The number of aromatic nitrogens is 2. The van der Waals surface area contributed by atoms with E-state index in [0.29, 0.717) is 58.3 Å². The Hall–Kier alpha value is -5.27. The number of carbonyl (C=O) groups is 5. The van der Waals surface area contributed by atoms with Gasteiger partial charge in [-0.2, -0.15) is 0 Å². The normalized spacial score (nSPS) is 27.5. The minimum atomic E-state index is -1.06. The Balaban J connectivity index is 1.17. The van der Waals surface area contributed by atoms with Gasteiger partial charge in [0.2, 0.25) is 0 Å². The molecule has 1 aliphatic carbocycles. The Kier molecular flexibility index (Phi) is 19.2. The SMILES string of the molecule is CCCOC1C(C)OC(=O)C(NC(=O)c2nccc(OC)c2O)CCCC1OCC(C)CC1CC1C(=O)OC1C(C)OC(=O)C(NC(=O)c2nccc(OC)c2O)CCCC1OCC(C)C. The van der Waals surface area contributed by atoms with Gasteiger partial charge in [0.25, 0.3) is 11.8 Å². The first-order valence-electron chi connectivity index (χ1n) is 23.1. The molecule has 5 rings (SSSR count). The van der Waals surface area contributed by atoms with Gasteiger partial charge in [-0.15, -0.1) is 0 Å². The zero-order chi connectivity index (χ0) is 48.1. The summed E-state index contributed by atoms with van der Waals surface area (Å²) in [5.41, 5.74) is -0.576. The second-order valence-electron chi connectivity index (χ2n) is 17.9. The van der Waals surface area contributed by atoms with E-state index >= 15 is 0 Å². The number of amides is 2. The summed E-state index contributed by atoms with van der Waals surface area (Å²) in [6, 6.07) is 0.749. The Morgan fingerprint density at radius 2 is 1.26 bits per heavy atom. The van der Waals surface area contributed by atoms with Gasteiger partial charge < -0.3 is 58.7 Å². The summed E-state index contributed by atoms with van der Waals surface area (Å²) in [5.74, 6) is -4.15. The molecule has 0 aromatic carbocycles. The van der Waals surface area contributed by atoms with Crippen molar-refractivity contribution in [3.8, 4) is 23.0 Å². The summed E-state index contributed by atoms with van der Waals surface area (Å²) in [6.07, 6.45) is 2.85. The minimum absolute atomic E-state index is 0.0355. The monoisotopic (exact) mass is 928 g/mol. The van der Waals surface area contributed by atoms with Crippen molar-refractivity contribution >= 4 is 29.7 Å². The van der Waals surface area contributed by atoms with E-state index in [1.54, 1.807) is 13.8 Å². The summed E-state index contributed by atoms with van der Waals surface area (Å²) >= 11 is 0. The first-order chi connectivity index (χ1) is 31.6. The van der Waals surface area contributed by atoms with E-state index in [4.69, 9.17) is 37.9 Å². The van der Waals surface area contributed by atoms with Crippen LogP contribution < -0.4 is 20.1 Å². The highest BCUT2D eigenvalue weighted by atomic mass is 16.6. The van der Waals surface area contributed by atoms with Crippen molar-refractivity contribution in [3.05, 3.63) is 35.9 Å². The molecule has 2 aliphatic heterocycles. The van der Waals surface area contributed by atoms with Crippen molar-refractivity contribution in [1.29, 1.82) is 0 Å². The van der Waals surface area contributed by atoms with E-state index in [9.17, 15) is 34.2 Å². The summed E-state index contributed by atoms with van der Waals surface area (Å²) in [4.78, 5) is 74.9. The Morgan fingerprint density at radius 1 is 0.758 bits per heavy atom. The lowest BCUT2D eigenvalue weighted by atomic mass is 10.0. The Bertz CT molecular complexity index is 1970. The lowest BCUT2D eigenvalue weighted by Gasteiger charge is -2.32. The van der Waals surface area contributed by atoms with Gasteiger partial charge in [0, 0.05) is 44.3 Å². The van der Waals surface area contributed by atoms with Crippen LogP contribution in [0.25, 0.3) is 0 Å². The molecule has 0 spiro atoms. The Labute approximate surface area is 386 Å². The van der Waals surface area contributed by atoms with Crippen molar-refractivity contribution in [2.45, 2.75) is 148 Å². The number of ether oxygens (including phenoxy) is 8. The van der Waals surface area contributed by atoms with Crippen LogP contribution in [0.15, 0.2) is 24.5 Å². The topological polar surface area (TPSA) is 249 Å². The van der Waals surface area contributed by atoms with Gasteiger partial charge in [-0.1, -0.05) is 27.7 Å². The number of cyclic esters (lactones) is 2. The lowest BCUT2D eigenvalue weighted by molar-refractivity contribution is -0.181. The number of aromatic hydroxyl groups is 2. The molecular weight excluding hydrogens is 861 g/mol. The number of pyridine rings is 2. The fourth-order valence-corrected chi connectivity index (χ4v) is 8.36. The molecule has 366 valence electrons. The molecule has 3 aliphatic rings. The number of carbonyl (C=O) groups excluding carboxylic acids is 5. The van der Waals surface area contributed by atoms with Crippen molar-refractivity contribution in [2.75, 3.05) is 34.0 Å². The van der Waals surface area contributed by atoms with Gasteiger partial charge in [-0.3, -0.25) is 14.4 Å². The maximum absolute atomic E-state index is 13.8. The fourth-order valence-electron chi connectivity index (χ4n) is 8.36. The van der Waals surface area contributed by atoms with Gasteiger partial charge in [0.05, 0.1) is 32.3 Å². The van der Waals surface area contributed by atoms with Crippen LogP contribution in [0, 0.1) is 23.7 Å². The highest BCUT2D eigenvalue weighted by Crippen LogP contribution is 2.45. The molecule has 0 radical (unpaired) electrons. The highest BCUT2D eigenvalue weighted by molar-refractivity contribution is 5.98. The molecule has 66 heavy (non-hydrogen) atoms. The van der Waals surface area contributed by atoms with Gasteiger partial charge in [-0.25, -0.2) is 19.6 Å². The van der Waals surface area contributed by atoms with Crippen molar-refractivity contribution in [1.82, 2.24) is 20.6 Å². The summed E-state index contributed by atoms with van der Waals surface area (Å²) in [6.45, 7) is 12.6. The van der Waals surface area contributed by atoms with Crippen LogP contribution in [-0.2, 0) is 42.8 Å². The molecule has 4 heterocycles. The number of esters is 3. The number of nitrogens with one attached hydrogen (secondary N) is 2. The summed E-state index contributed by atoms with van der Waals surface area (Å²) in [7, 11) is 2.70.